The van der Waals surface area contributed by atoms with Crippen LogP contribution in [0.2, 0.25) is 24.7 Å². The molecule has 0 fully saturated rings. The summed E-state index contributed by atoms with van der Waals surface area (Å²) in [6.07, 6.45) is 5.50. The van der Waals surface area contributed by atoms with Crippen LogP contribution >= 0.6 is 23.4 Å². The highest BCUT2D eigenvalue weighted by molar-refractivity contribution is 8.01. The molecule has 0 aliphatic heterocycles. The van der Waals surface area contributed by atoms with Gasteiger partial charge in [-0.1, -0.05) is 73.7 Å². The van der Waals surface area contributed by atoms with Crippen LogP contribution in [0.5, 0.6) is 0 Å². The maximum atomic E-state index is 12.4. The topological polar surface area (TPSA) is 17.1 Å². The average Bonchev–Trinajstić information content (AvgIpc) is 2.63. The van der Waals surface area contributed by atoms with Crippen molar-refractivity contribution in [3.63, 3.8) is 0 Å². The van der Waals surface area contributed by atoms with E-state index in [1.807, 2.05) is 36.0 Å². The van der Waals surface area contributed by atoms with E-state index in [1.165, 1.54) is 5.56 Å². The van der Waals surface area contributed by atoms with Crippen LogP contribution in [-0.2, 0) is 11.2 Å². The fraction of sp³-hybridized carbons (Fsp3) is 0.435. The van der Waals surface area contributed by atoms with Crippen molar-refractivity contribution in [2.45, 2.75) is 67.9 Å². The molecular formula is C23H31ClOSSi. The van der Waals surface area contributed by atoms with E-state index in [0.717, 1.165) is 35.6 Å². The van der Waals surface area contributed by atoms with E-state index in [0.29, 0.717) is 23.5 Å². The van der Waals surface area contributed by atoms with Gasteiger partial charge in [-0.3, -0.25) is 4.79 Å². The Labute approximate surface area is 174 Å². The number of carbonyl (C=O) groups excluding carboxylic acids is 1. The second-order valence-electron chi connectivity index (χ2n) is 8.17. The summed E-state index contributed by atoms with van der Waals surface area (Å²) in [6, 6.07) is 18.6. The van der Waals surface area contributed by atoms with Gasteiger partial charge >= 0.3 is 0 Å². The molecule has 0 saturated heterocycles. The van der Waals surface area contributed by atoms with Gasteiger partial charge in [0.15, 0.2) is 0 Å². The van der Waals surface area contributed by atoms with E-state index >= 15 is 0 Å². The number of hydrogen-bond acceptors (Lipinski definition) is 2. The van der Waals surface area contributed by atoms with Gasteiger partial charge in [0.1, 0.15) is 5.78 Å². The zero-order valence-electron chi connectivity index (χ0n) is 16.7. The first-order chi connectivity index (χ1) is 12.9. The third-order valence-electron chi connectivity index (χ3n) is 4.77. The highest BCUT2D eigenvalue weighted by Crippen LogP contribution is 2.36. The number of Topliss-reactive ketones (excluding diaryl/α,β-unsaturated/α-hetero) is 1. The van der Waals surface area contributed by atoms with Crippen LogP contribution in [-0.4, -0.2) is 18.7 Å². The van der Waals surface area contributed by atoms with Crippen molar-refractivity contribution >= 4 is 37.2 Å². The fourth-order valence-corrected chi connectivity index (χ4v) is 7.03. The maximum Gasteiger partial charge on any atom is 0.132 e. The first-order valence-electron chi connectivity index (χ1n) is 9.83. The number of rotatable bonds is 11. The number of carbonyl (C=O) groups is 1. The van der Waals surface area contributed by atoms with Crippen LogP contribution in [0.3, 0.4) is 0 Å². The molecule has 0 bridgehead atoms. The smallest absolute Gasteiger partial charge is 0.132 e. The summed E-state index contributed by atoms with van der Waals surface area (Å²) in [6.45, 7) is 7.14. The molecule has 0 spiro atoms. The number of halogens is 1. The van der Waals surface area contributed by atoms with Gasteiger partial charge in [0.25, 0.3) is 0 Å². The van der Waals surface area contributed by atoms with Crippen LogP contribution < -0.4 is 0 Å². The number of aryl methyl sites for hydroxylation is 1. The summed E-state index contributed by atoms with van der Waals surface area (Å²) in [5, 5.41) is 0.818. The van der Waals surface area contributed by atoms with Crippen molar-refractivity contribution < 1.29 is 4.79 Å². The number of hydrogen-bond donors (Lipinski definition) is 0. The fourth-order valence-electron chi connectivity index (χ4n) is 3.08. The minimum absolute atomic E-state index is 0.408. The summed E-state index contributed by atoms with van der Waals surface area (Å²) >= 11 is 8.21. The quantitative estimate of drug-likeness (QED) is 0.214. The molecule has 27 heavy (non-hydrogen) atoms. The molecule has 0 aromatic heterocycles. The zero-order chi connectivity index (χ0) is 19.7. The van der Waals surface area contributed by atoms with Gasteiger partial charge in [-0.2, -0.15) is 0 Å². The van der Waals surface area contributed by atoms with E-state index in [9.17, 15) is 4.79 Å². The van der Waals surface area contributed by atoms with Gasteiger partial charge in [-0.05, 0) is 43.4 Å². The van der Waals surface area contributed by atoms with Gasteiger partial charge in [-0.25, -0.2) is 0 Å². The standard InChI is InChI=1S/C23H31ClOSSi/c1-27(2,3)23(26-22-16-10-9-15-21(22)24)18-17-20(25)14-8-7-13-19-11-5-4-6-12-19/h4-6,9-12,15-16,23H,7-8,13-14,17-18H2,1-3H3. The van der Waals surface area contributed by atoms with E-state index < -0.39 is 8.07 Å². The van der Waals surface area contributed by atoms with Gasteiger partial charge < -0.3 is 0 Å². The van der Waals surface area contributed by atoms with Crippen molar-refractivity contribution in [1.82, 2.24) is 0 Å². The SMILES string of the molecule is C[Si](C)(C)C(CCC(=O)CCCCc1ccccc1)Sc1ccccc1Cl. The van der Waals surface area contributed by atoms with Gasteiger partial charge in [0.05, 0.1) is 13.1 Å². The lowest BCUT2D eigenvalue weighted by Gasteiger charge is -2.28. The Morgan fingerprint density at radius 1 is 0.963 bits per heavy atom. The minimum atomic E-state index is -1.39. The Hall–Kier alpha value is -1.03. The van der Waals surface area contributed by atoms with E-state index in [1.54, 1.807) is 0 Å². The summed E-state index contributed by atoms with van der Waals surface area (Å²) in [5.74, 6) is 0.408. The summed E-state index contributed by atoms with van der Waals surface area (Å²) in [5.41, 5.74) is 1.36. The Balaban J connectivity index is 1.77. The second-order valence-corrected chi connectivity index (χ2v) is 15.7. The largest absolute Gasteiger partial charge is 0.300 e. The first kappa shape index (κ1) is 22.3. The molecule has 0 N–H and O–H groups in total. The van der Waals surface area contributed by atoms with Crippen molar-refractivity contribution in [3.8, 4) is 0 Å². The molecule has 2 rings (SSSR count). The highest BCUT2D eigenvalue weighted by atomic mass is 35.5. The molecule has 1 unspecified atom stereocenters. The van der Waals surface area contributed by atoms with Crippen LogP contribution in [0.25, 0.3) is 0 Å². The zero-order valence-corrected chi connectivity index (χ0v) is 19.3. The molecule has 4 heteroatoms. The van der Waals surface area contributed by atoms with E-state index in [4.69, 9.17) is 11.6 Å². The third-order valence-corrected chi connectivity index (χ3v) is 11.0. The Morgan fingerprint density at radius 2 is 1.63 bits per heavy atom. The number of unbranched alkanes of at least 4 members (excludes halogenated alkanes) is 1. The predicted octanol–water partition coefficient (Wildman–Crippen LogP) is 7.44. The molecule has 0 saturated carbocycles. The normalized spacial score (nSPS) is 12.7. The molecule has 0 radical (unpaired) electrons. The summed E-state index contributed by atoms with van der Waals surface area (Å²) in [7, 11) is -1.39. The van der Waals surface area contributed by atoms with Crippen LogP contribution in [0.1, 0.15) is 37.7 Å². The number of benzene rings is 2. The lowest BCUT2D eigenvalue weighted by Crippen LogP contribution is -2.36. The van der Waals surface area contributed by atoms with Gasteiger partial charge in [0.2, 0.25) is 0 Å². The minimum Gasteiger partial charge on any atom is -0.300 e. The Morgan fingerprint density at radius 3 is 2.30 bits per heavy atom. The molecule has 0 heterocycles. The molecule has 0 aliphatic rings. The number of thioether (sulfide) groups is 1. The average molecular weight is 419 g/mol. The molecular weight excluding hydrogens is 388 g/mol. The lowest BCUT2D eigenvalue weighted by molar-refractivity contribution is -0.119. The molecule has 1 nitrogen and oxygen atoms in total. The molecule has 146 valence electrons. The van der Waals surface area contributed by atoms with Crippen molar-refractivity contribution in [2.75, 3.05) is 0 Å². The van der Waals surface area contributed by atoms with E-state index in [-0.39, 0.29) is 0 Å². The summed E-state index contributed by atoms with van der Waals surface area (Å²) < 4.78 is 0. The van der Waals surface area contributed by atoms with Gasteiger partial charge in [0, 0.05) is 22.6 Å². The molecule has 0 aliphatic carbocycles. The Kier molecular flexibility index (Phi) is 9.14. The molecule has 2 aromatic rings. The van der Waals surface area contributed by atoms with Crippen LogP contribution in [0.4, 0.5) is 0 Å². The summed E-state index contributed by atoms with van der Waals surface area (Å²) in [4.78, 5) is 14.0. The van der Waals surface area contributed by atoms with Gasteiger partial charge in [-0.15, -0.1) is 11.8 Å². The van der Waals surface area contributed by atoms with Crippen molar-refractivity contribution in [1.29, 1.82) is 0 Å². The monoisotopic (exact) mass is 418 g/mol. The van der Waals surface area contributed by atoms with Crippen molar-refractivity contribution in [2.24, 2.45) is 0 Å². The maximum absolute atomic E-state index is 12.4. The second kappa shape index (κ2) is 11.1. The van der Waals surface area contributed by atoms with Crippen LogP contribution in [0.15, 0.2) is 59.5 Å². The molecule has 2 aromatic carbocycles. The highest BCUT2D eigenvalue weighted by Gasteiger charge is 2.28. The first-order valence-corrected chi connectivity index (χ1v) is 14.7. The number of ketones is 1. The Bertz CT molecular complexity index is 712. The predicted molar refractivity (Wildman–Crippen MR) is 123 cm³/mol. The lowest BCUT2D eigenvalue weighted by atomic mass is 10.0. The van der Waals surface area contributed by atoms with E-state index in [2.05, 4.69) is 50.0 Å². The van der Waals surface area contributed by atoms with Crippen molar-refractivity contribution in [3.05, 3.63) is 65.2 Å². The molecule has 0 amide bonds. The third kappa shape index (κ3) is 8.24. The molecule has 1 atom stereocenters. The van der Waals surface area contributed by atoms with Crippen LogP contribution in [0, 0.1) is 0 Å².